The Morgan fingerprint density at radius 2 is 1.75 bits per heavy atom. The van der Waals surface area contributed by atoms with Gasteiger partial charge in [0.25, 0.3) is 6.02 Å². The van der Waals surface area contributed by atoms with Crippen LogP contribution in [0.25, 0.3) is 0 Å². The quantitative estimate of drug-likeness (QED) is 0.544. The van der Waals surface area contributed by atoms with E-state index in [2.05, 4.69) is 21.6 Å². The van der Waals surface area contributed by atoms with Crippen LogP contribution in [0.4, 0.5) is 17.6 Å². The lowest BCUT2D eigenvalue weighted by Gasteiger charge is -2.35. The summed E-state index contributed by atoms with van der Waals surface area (Å²) < 4.78 is 58.4. The smallest absolute Gasteiger partial charge is 0.425 e. The van der Waals surface area contributed by atoms with Gasteiger partial charge in [-0.15, -0.1) is 0 Å². The average Bonchev–Trinajstić information content (AvgIpc) is 2.61. The van der Waals surface area contributed by atoms with Crippen LogP contribution in [0, 0.1) is 17.7 Å². The summed E-state index contributed by atoms with van der Waals surface area (Å²) >= 11 is 5.82. The molecule has 0 saturated heterocycles. The number of amidine groups is 1. The van der Waals surface area contributed by atoms with E-state index in [0.717, 1.165) is 6.07 Å². The molecule has 0 amide bonds. The largest absolute Gasteiger partial charge is 0.452 e. The third-order valence-electron chi connectivity index (χ3n) is 4.31. The Kier molecular flexibility index (Phi) is 5.26. The van der Waals surface area contributed by atoms with Gasteiger partial charge in [0.1, 0.15) is 5.82 Å². The molecule has 3 rings (SSSR count). The van der Waals surface area contributed by atoms with E-state index in [1.165, 1.54) is 19.1 Å². The summed E-state index contributed by atoms with van der Waals surface area (Å²) in [5, 5.41) is 0.566. The number of hydrogen-bond acceptors (Lipinski definition) is 3. The Labute approximate surface area is 164 Å². The van der Waals surface area contributed by atoms with Crippen LogP contribution in [0.2, 0.25) is 5.02 Å². The minimum absolute atomic E-state index is 0.0316. The zero-order valence-electron chi connectivity index (χ0n) is 14.6. The van der Waals surface area contributed by atoms with Gasteiger partial charge in [-0.25, -0.2) is 9.38 Å². The number of ether oxygens (including phenoxy) is 1. The molecule has 2 aromatic rings. The normalized spacial score (nSPS) is 21.9. The molecule has 28 heavy (non-hydrogen) atoms. The fourth-order valence-corrected chi connectivity index (χ4v) is 3.04. The Morgan fingerprint density at radius 1 is 1.14 bits per heavy atom. The highest BCUT2D eigenvalue weighted by molar-refractivity contribution is 6.30. The second-order valence-corrected chi connectivity index (χ2v) is 6.96. The fourth-order valence-electron chi connectivity index (χ4n) is 2.91. The molecular weight excluding hydrogens is 396 g/mol. The molecule has 0 fully saturated rings. The van der Waals surface area contributed by atoms with Gasteiger partial charge in [0.05, 0.1) is 5.54 Å². The van der Waals surface area contributed by atoms with E-state index in [4.69, 9.17) is 17.3 Å². The molecule has 1 aliphatic heterocycles. The minimum Gasteiger partial charge on any atom is -0.452 e. The first kappa shape index (κ1) is 20.0. The van der Waals surface area contributed by atoms with Crippen molar-refractivity contribution >= 4 is 17.6 Å². The van der Waals surface area contributed by atoms with E-state index >= 15 is 0 Å². The maximum absolute atomic E-state index is 14.5. The molecule has 2 aromatic carbocycles. The highest BCUT2D eigenvalue weighted by atomic mass is 35.5. The molecule has 0 aromatic heterocycles. The van der Waals surface area contributed by atoms with Crippen LogP contribution in [0.1, 0.15) is 30.0 Å². The Morgan fingerprint density at radius 3 is 2.39 bits per heavy atom. The van der Waals surface area contributed by atoms with Gasteiger partial charge in [-0.3, -0.25) is 0 Å². The van der Waals surface area contributed by atoms with Crippen LogP contribution in [-0.2, 0) is 10.3 Å². The summed E-state index contributed by atoms with van der Waals surface area (Å²) in [6, 6.07) is 10.1. The average molecular weight is 411 g/mol. The SMILES string of the molecule is C[C@@]1(c2cc(C#Cc3ccc(Cl)cc3)ccc2F)C[C@@H](C(F)(F)F)OC(N)=N1. The van der Waals surface area contributed by atoms with Crippen molar-refractivity contribution in [1.29, 1.82) is 0 Å². The molecule has 1 aliphatic rings. The van der Waals surface area contributed by atoms with Crippen LogP contribution in [0.3, 0.4) is 0 Å². The second-order valence-electron chi connectivity index (χ2n) is 6.53. The maximum Gasteiger partial charge on any atom is 0.425 e. The van der Waals surface area contributed by atoms with Crippen molar-refractivity contribution in [3.63, 3.8) is 0 Å². The molecule has 0 unspecified atom stereocenters. The van der Waals surface area contributed by atoms with E-state index < -0.39 is 36.1 Å². The number of benzene rings is 2. The number of alkyl halides is 3. The van der Waals surface area contributed by atoms with E-state index in [0.29, 0.717) is 16.1 Å². The highest BCUT2D eigenvalue weighted by Crippen LogP contribution is 2.40. The number of rotatable bonds is 1. The molecule has 2 N–H and O–H groups in total. The van der Waals surface area contributed by atoms with Gasteiger partial charge >= 0.3 is 6.18 Å². The van der Waals surface area contributed by atoms with Crippen molar-refractivity contribution in [2.24, 2.45) is 10.7 Å². The summed E-state index contributed by atoms with van der Waals surface area (Å²) in [6.07, 6.45) is -7.41. The molecule has 3 nitrogen and oxygen atoms in total. The molecule has 1 heterocycles. The topological polar surface area (TPSA) is 47.6 Å². The first-order valence-corrected chi connectivity index (χ1v) is 8.61. The number of nitrogens with zero attached hydrogens (tertiary/aromatic N) is 1. The van der Waals surface area contributed by atoms with Crippen molar-refractivity contribution in [2.45, 2.75) is 31.2 Å². The van der Waals surface area contributed by atoms with E-state index in [9.17, 15) is 17.6 Å². The predicted octanol–water partition coefficient (Wildman–Crippen LogP) is 4.76. The summed E-state index contributed by atoms with van der Waals surface area (Å²) in [6.45, 7) is 1.38. The van der Waals surface area contributed by atoms with Gasteiger partial charge in [0, 0.05) is 28.1 Å². The maximum atomic E-state index is 14.5. The molecule has 0 bridgehead atoms. The van der Waals surface area contributed by atoms with Crippen molar-refractivity contribution in [2.75, 3.05) is 0 Å². The fraction of sp³-hybridized carbons (Fsp3) is 0.250. The lowest BCUT2D eigenvalue weighted by Crippen LogP contribution is -2.46. The van der Waals surface area contributed by atoms with Gasteiger partial charge in [-0.1, -0.05) is 23.4 Å². The predicted molar refractivity (Wildman–Crippen MR) is 98.4 cm³/mol. The first-order chi connectivity index (χ1) is 13.1. The van der Waals surface area contributed by atoms with Crippen LogP contribution in [0.15, 0.2) is 47.5 Å². The zero-order chi connectivity index (χ0) is 20.5. The lowest BCUT2D eigenvalue weighted by atomic mass is 9.84. The summed E-state index contributed by atoms with van der Waals surface area (Å²) in [7, 11) is 0. The highest BCUT2D eigenvalue weighted by Gasteiger charge is 2.50. The Bertz CT molecular complexity index is 976. The Balaban J connectivity index is 1.97. The van der Waals surface area contributed by atoms with E-state index in [1.807, 2.05) is 0 Å². The van der Waals surface area contributed by atoms with Crippen LogP contribution < -0.4 is 5.73 Å². The number of hydrogen-bond donors (Lipinski definition) is 1. The molecule has 0 aliphatic carbocycles. The van der Waals surface area contributed by atoms with Crippen LogP contribution in [-0.4, -0.2) is 18.3 Å². The molecule has 0 spiro atoms. The first-order valence-electron chi connectivity index (χ1n) is 8.23. The van der Waals surface area contributed by atoms with Gasteiger partial charge in [0.2, 0.25) is 0 Å². The standard InChI is InChI=1S/C20H15ClF4N2O/c1-19(11-17(20(23,24)25)28-18(26)27-19)15-10-13(6-9-16(15)22)3-2-12-4-7-14(21)8-5-12/h4-10,17H,11H2,1H3,(H2,26,27)/t17-,19-/m0/s1. The van der Waals surface area contributed by atoms with Crippen molar-refractivity contribution < 1.29 is 22.3 Å². The lowest BCUT2D eigenvalue weighted by molar-refractivity contribution is -0.208. The van der Waals surface area contributed by atoms with Crippen molar-refractivity contribution in [3.05, 3.63) is 70.0 Å². The summed E-state index contributed by atoms with van der Waals surface area (Å²) in [4.78, 5) is 3.95. The molecule has 0 radical (unpaired) electrons. The number of aliphatic imine (C=N–C) groups is 1. The molecule has 2 atom stereocenters. The second kappa shape index (κ2) is 7.36. The summed E-state index contributed by atoms with van der Waals surface area (Å²) in [5.41, 5.74) is 4.98. The molecule has 0 saturated carbocycles. The van der Waals surface area contributed by atoms with Crippen molar-refractivity contribution in [3.8, 4) is 11.8 Å². The van der Waals surface area contributed by atoms with E-state index in [-0.39, 0.29) is 5.56 Å². The zero-order valence-corrected chi connectivity index (χ0v) is 15.4. The van der Waals surface area contributed by atoms with E-state index in [1.54, 1.807) is 24.3 Å². The van der Waals surface area contributed by atoms with Gasteiger partial charge < -0.3 is 10.5 Å². The van der Waals surface area contributed by atoms with Crippen molar-refractivity contribution in [1.82, 2.24) is 0 Å². The molecule has 146 valence electrons. The summed E-state index contributed by atoms with van der Waals surface area (Å²) in [5.74, 6) is 5.06. The van der Waals surface area contributed by atoms with Gasteiger partial charge in [-0.05, 0) is 49.4 Å². The third-order valence-corrected chi connectivity index (χ3v) is 4.56. The third kappa shape index (κ3) is 4.39. The van der Waals surface area contributed by atoms with Gasteiger partial charge in [0.15, 0.2) is 6.10 Å². The number of nitrogens with two attached hydrogens (primary N) is 1. The monoisotopic (exact) mass is 410 g/mol. The molecular formula is C20H15ClF4N2O. The van der Waals surface area contributed by atoms with Crippen LogP contribution in [0.5, 0.6) is 0 Å². The Hall–Kier alpha value is -2.72. The minimum atomic E-state index is -4.65. The number of halogens is 5. The van der Waals surface area contributed by atoms with Gasteiger partial charge in [-0.2, -0.15) is 13.2 Å². The van der Waals surface area contributed by atoms with Crippen LogP contribution >= 0.6 is 11.6 Å². The molecule has 8 heteroatoms.